The average molecular weight is 158 g/mol. The van der Waals surface area contributed by atoms with Gasteiger partial charge in [0.2, 0.25) is 0 Å². The molecule has 0 aromatic rings. The van der Waals surface area contributed by atoms with Crippen LogP contribution in [0.25, 0.3) is 0 Å². The van der Waals surface area contributed by atoms with Gasteiger partial charge in [-0.1, -0.05) is 0 Å². The molecule has 3 nitrogen and oxygen atoms in total. The molecule has 1 fully saturated rings. The number of ether oxygens (including phenoxy) is 1. The fourth-order valence-corrected chi connectivity index (χ4v) is 1.62. The van der Waals surface area contributed by atoms with Gasteiger partial charge in [-0.2, -0.15) is 0 Å². The smallest absolute Gasteiger partial charge is 0.0866 e. The van der Waals surface area contributed by atoms with E-state index in [1.165, 1.54) is 0 Å². The van der Waals surface area contributed by atoms with E-state index in [1.807, 2.05) is 14.0 Å². The Morgan fingerprint density at radius 2 is 2.27 bits per heavy atom. The molecule has 1 aliphatic rings. The maximum absolute atomic E-state index is 5.57. The van der Waals surface area contributed by atoms with Crippen LogP contribution in [0.2, 0.25) is 0 Å². The minimum absolute atomic E-state index is 0.384. The summed E-state index contributed by atoms with van der Waals surface area (Å²) in [7, 11) is 4.12. The number of nitrogens with one attached hydrogen (secondary N) is 1. The lowest BCUT2D eigenvalue weighted by molar-refractivity contribution is 0.0561. The van der Waals surface area contributed by atoms with Crippen LogP contribution >= 0.6 is 0 Å². The molecule has 0 aliphatic carbocycles. The quantitative estimate of drug-likeness (QED) is 0.622. The Balaban J connectivity index is 2.37. The van der Waals surface area contributed by atoms with Gasteiger partial charge in [0.05, 0.1) is 6.10 Å². The third-order valence-corrected chi connectivity index (χ3v) is 2.20. The predicted molar refractivity (Wildman–Crippen MR) is 45.8 cm³/mol. The molecule has 1 heterocycles. The van der Waals surface area contributed by atoms with E-state index in [1.54, 1.807) is 0 Å². The van der Waals surface area contributed by atoms with Crippen molar-refractivity contribution in [2.24, 2.45) is 0 Å². The molecule has 2 atom stereocenters. The van der Waals surface area contributed by atoms with Gasteiger partial charge in [0.25, 0.3) is 0 Å². The van der Waals surface area contributed by atoms with E-state index in [0.717, 1.165) is 19.7 Å². The first-order valence-electron chi connectivity index (χ1n) is 4.25. The van der Waals surface area contributed by atoms with Gasteiger partial charge in [-0.25, -0.2) is 0 Å². The first-order valence-corrected chi connectivity index (χ1v) is 4.25. The Kier molecular flexibility index (Phi) is 3.30. The van der Waals surface area contributed by atoms with Crippen molar-refractivity contribution in [2.45, 2.75) is 19.1 Å². The standard InChI is InChI=1S/C8H18N2O/c1-4-11-8-6-10(3)5-7(8)9-2/h7-9H,4-6H2,1-3H3. The Labute approximate surface area is 68.7 Å². The minimum Gasteiger partial charge on any atom is -0.375 e. The molecular formula is C8H18N2O. The molecule has 0 bridgehead atoms. The lowest BCUT2D eigenvalue weighted by Gasteiger charge is -2.16. The van der Waals surface area contributed by atoms with Crippen molar-refractivity contribution in [2.75, 3.05) is 33.8 Å². The summed E-state index contributed by atoms with van der Waals surface area (Å²) in [6.45, 7) is 5.02. The third-order valence-electron chi connectivity index (χ3n) is 2.20. The molecule has 1 rings (SSSR count). The van der Waals surface area contributed by atoms with Crippen molar-refractivity contribution in [3.05, 3.63) is 0 Å². The molecule has 11 heavy (non-hydrogen) atoms. The summed E-state index contributed by atoms with van der Waals surface area (Å²) in [5.41, 5.74) is 0. The van der Waals surface area contributed by atoms with E-state index in [-0.39, 0.29) is 0 Å². The van der Waals surface area contributed by atoms with Crippen LogP contribution in [0.15, 0.2) is 0 Å². The topological polar surface area (TPSA) is 24.5 Å². The van der Waals surface area contributed by atoms with E-state index in [4.69, 9.17) is 4.74 Å². The molecule has 66 valence electrons. The average Bonchev–Trinajstić information content (AvgIpc) is 2.32. The lowest BCUT2D eigenvalue weighted by atomic mass is 10.2. The van der Waals surface area contributed by atoms with Crippen LogP contribution < -0.4 is 5.32 Å². The highest BCUT2D eigenvalue weighted by Gasteiger charge is 2.29. The van der Waals surface area contributed by atoms with Gasteiger partial charge in [-0.05, 0) is 21.0 Å². The number of likely N-dealkylation sites (N-methyl/N-ethyl adjacent to an activating group) is 2. The second-order valence-corrected chi connectivity index (χ2v) is 3.11. The number of hydrogen-bond acceptors (Lipinski definition) is 3. The number of rotatable bonds is 3. The number of nitrogens with zero attached hydrogens (tertiary/aromatic N) is 1. The van der Waals surface area contributed by atoms with Crippen molar-refractivity contribution < 1.29 is 4.74 Å². The van der Waals surface area contributed by atoms with Crippen molar-refractivity contribution in [1.29, 1.82) is 0 Å². The Bertz CT molecular complexity index is 119. The normalized spacial score (nSPS) is 33.0. The van der Waals surface area contributed by atoms with Crippen LogP contribution in [0.5, 0.6) is 0 Å². The maximum atomic E-state index is 5.57. The van der Waals surface area contributed by atoms with Crippen molar-refractivity contribution >= 4 is 0 Å². The third kappa shape index (κ3) is 2.15. The van der Waals surface area contributed by atoms with Gasteiger partial charge in [-0.3, -0.25) is 0 Å². The summed E-state index contributed by atoms with van der Waals surface area (Å²) in [5, 5.41) is 3.26. The van der Waals surface area contributed by atoms with E-state index in [9.17, 15) is 0 Å². The maximum Gasteiger partial charge on any atom is 0.0866 e. The van der Waals surface area contributed by atoms with Crippen molar-refractivity contribution in [3.63, 3.8) is 0 Å². The molecule has 0 spiro atoms. The first-order chi connectivity index (χ1) is 5.27. The highest BCUT2D eigenvalue weighted by Crippen LogP contribution is 2.10. The largest absolute Gasteiger partial charge is 0.375 e. The molecule has 1 aliphatic heterocycles. The molecule has 2 unspecified atom stereocenters. The van der Waals surface area contributed by atoms with Gasteiger partial charge in [0.15, 0.2) is 0 Å². The van der Waals surface area contributed by atoms with Gasteiger partial charge in [0.1, 0.15) is 0 Å². The molecule has 3 heteroatoms. The Hall–Kier alpha value is -0.120. The predicted octanol–water partition coefficient (Wildman–Crippen LogP) is -0.0751. The molecule has 0 amide bonds. The molecule has 0 aromatic carbocycles. The summed E-state index contributed by atoms with van der Waals surface area (Å²) >= 11 is 0. The van der Waals surface area contributed by atoms with E-state index < -0.39 is 0 Å². The zero-order chi connectivity index (χ0) is 8.27. The zero-order valence-electron chi connectivity index (χ0n) is 7.63. The first kappa shape index (κ1) is 8.97. The molecule has 0 radical (unpaired) electrons. The van der Waals surface area contributed by atoms with Crippen LogP contribution in [-0.2, 0) is 4.74 Å². The summed E-state index contributed by atoms with van der Waals surface area (Å²) in [5.74, 6) is 0. The SMILES string of the molecule is CCOC1CN(C)CC1NC. The molecular weight excluding hydrogens is 140 g/mol. The summed E-state index contributed by atoms with van der Waals surface area (Å²) < 4.78 is 5.57. The second-order valence-electron chi connectivity index (χ2n) is 3.11. The number of hydrogen-bond donors (Lipinski definition) is 1. The molecule has 1 saturated heterocycles. The zero-order valence-corrected chi connectivity index (χ0v) is 7.63. The van der Waals surface area contributed by atoms with Crippen molar-refractivity contribution in [1.82, 2.24) is 10.2 Å². The van der Waals surface area contributed by atoms with Gasteiger partial charge < -0.3 is 15.0 Å². The second kappa shape index (κ2) is 4.04. The highest BCUT2D eigenvalue weighted by atomic mass is 16.5. The molecule has 0 saturated carbocycles. The summed E-state index contributed by atoms with van der Waals surface area (Å²) in [6.07, 6.45) is 0.384. The minimum atomic E-state index is 0.384. The fourth-order valence-electron chi connectivity index (χ4n) is 1.62. The van der Waals surface area contributed by atoms with Crippen LogP contribution in [0.1, 0.15) is 6.92 Å². The molecule has 0 aromatic heterocycles. The summed E-state index contributed by atoms with van der Waals surface area (Å²) in [4.78, 5) is 2.29. The van der Waals surface area contributed by atoms with Gasteiger partial charge in [0, 0.05) is 25.7 Å². The van der Waals surface area contributed by atoms with Gasteiger partial charge >= 0.3 is 0 Å². The van der Waals surface area contributed by atoms with Crippen LogP contribution in [0, 0.1) is 0 Å². The van der Waals surface area contributed by atoms with Crippen LogP contribution in [0.3, 0.4) is 0 Å². The highest BCUT2D eigenvalue weighted by molar-refractivity contribution is 4.87. The molecule has 1 N–H and O–H groups in total. The fraction of sp³-hybridized carbons (Fsp3) is 1.00. The van der Waals surface area contributed by atoms with E-state index in [0.29, 0.717) is 12.1 Å². The van der Waals surface area contributed by atoms with Crippen LogP contribution in [-0.4, -0.2) is 50.8 Å². The lowest BCUT2D eigenvalue weighted by Crippen LogP contribution is -2.38. The Morgan fingerprint density at radius 3 is 2.82 bits per heavy atom. The van der Waals surface area contributed by atoms with Crippen molar-refractivity contribution in [3.8, 4) is 0 Å². The monoisotopic (exact) mass is 158 g/mol. The van der Waals surface area contributed by atoms with E-state index in [2.05, 4.69) is 17.3 Å². The summed E-state index contributed by atoms with van der Waals surface area (Å²) in [6, 6.07) is 0.514. The van der Waals surface area contributed by atoms with E-state index >= 15 is 0 Å². The van der Waals surface area contributed by atoms with Crippen LogP contribution in [0.4, 0.5) is 0 Å². The van der Waals surface area contributed by atoms with Gasteiger partial charge in [-0.15, -0.1) is 0 Å². The number of likely N-dealkylation sites (tertiary alicyclic amines) is 1. The Morgan fingerprint density at radius 1 is 1.55 bits per heavy atom.